The molecule has 0 spiro atoms. The number of nitrogens with two attached hydrogens (primary N) is 1. The Morgan fingerprint density at radius 3 is 2.44 bits per heavy atom. The highest BCUT2D eigenvalue weighted by Gasteiger charge is 2.07. The minimum Gasteiger partial charge on any atom is -0.489 e. The van der Waals surface area contributed by atoms with Crippen LogP contribution in [0.25, 0.3) is 0 Å². The van der Waals surface area contributed by atoms with Crippen molar-refractivity contribution >= 4 is 0 Å². The molecule has 0 radical (unpaired) electrons. The van der Waals surface area contributed by atoms with E-state index in [1.54, 1.807) is 0 Å². The van der Waals surface area contributed by atoms with Crippen molar-refractivity contribution < 1.29 is 4.74 Å². The van der Waals surface area contributed by atoms with Gasteiger partial charge in [-0.05, 0) is 31.0 Å². The van der Waals surface area contributed by atoms with Crippen molar-refractivity contribution in [3.05, 3.63) is 65.2 Å². The third-order valence-electron chi connectivity index (χ3n) is 3.05. The fourth-order valence-electron chi connectivity index (χ4n) is 1.92. The lowest BCUT2D eigenvalue weighted by molar-refractivity contribution is 0.301. The summed E-state index contributed by atoms with van der Waals surface area (Å²) in [6, 6.07) is 16.2. The Morgan fingerprint density at radius 2 is 1.72 bits per heavy atom. The van der Waals surface area contributed by atoms with Gasteiger partial charge in [-0.3, -0.25) is 0 Å². The fourth-order valence-corrected chi connectivity index (χ4v) is 1.92. The molecular formula is C16H19NO. The van der Waals surface area contributed by atoms with E-state index in [1.807, 2.05) is 43.3 Å². The van der Waals surface area contributed by atoms with Crippen LogP contribution in [-0.4, -0.2) is 0 Å². The van der Waals surface area contributed by atoms with Gasteiger partial charge in [0.1, 0.15) is 12.4 Å². The Kier molecular flexibility index (Phi) is 4.00. The van der Waals surface area contributed by atoms with Crippen LogP contribution in [0.3, 0.4) is 0 Å². The SMILES string of the molecule is Cc1ccccc1COc1ccccc1[C@@H](C)N. The quantitative estimate of drug-likeness (QED) is 0.887. The lowest BCUT2D eigenvalue weighted by Crippen LogP contribution is -2.08. The van der Waals surface area contributed by atoms with E-state index in [1.165, 1.54) is 11.1 Å². The summed E-state index contributed by atoms with van der Waals surface area (Å²) in [5.74, 6) is 0.871. The van der Waals surface area contributed by atoms with E-state index in [2.05, 4.69) is 19.1 Å². The van der Waals surface area contributed by atoms with Gasteiger partial charge in [-0.25, -0.2) is 0 Å². The zero-order chi connectivity index (χ0) is 13.0. The minimum atomic E-state index is -0.0157. The highest BCUT2D eigenvalue weighted by Crippen LogP contribution is 2.24. The molecule has 2 aromatic rings. The topological polar surface area (TPSA) is 35.2 Å². The first-order valence-corrected chi connectivity index (χ1v) is 6.20. The van der Waals surface area contributed by atoms with Gasteiger partial charge in [0.15, 0.2) is 0 Å². The van der Waals surface area contributed by atoms with Crippen molar-refractivity contribution in [2.45, 2.75) is 26.5 Å². The van der Waals surface area contributed by atoms with Crippen LogP contribution in [-0.2, 0) is 6.61 Å². The summed E-state index contributed by atoms with van der Waals surface area (Å²) >= 11 is 0. The van der Waals surface area contributed by atoms with Crippen molar-refractivity contribution in [3.63, 3.8) is 0 Å². The highest BCUT2D eigenvalue weighted by molar-refractivity contribution is 5.36. The summed E-state index contributed by atoms with van der Waals surface area (Å²) < 4.78 is 5.89. The Labute approximate surface area is 108 Å². The zero-order valence-corrected chi connectivity index (χ0v) is 10.9. The van der Waals surface area contributed by atoms with Crippen LogP contribution in [0.5, 0.6) is 5.75 Å². The lowest BCUT2D eigenvalue weighted by Gasteiger charge is -2.14. The number of para-hydroxylation sites is 1. The Morgan fingerprint density at radius 1 is 1.06 bits per heavy atom. The van der Waals surface area contributed by atoms with E-state index in [4.69, 9.17) is 10.5 Å². The molecule has 2 aromatic carbocycles. The molecule has 0 saturated carbocycles. The van der Waals surface area contributed by atoms with Gasteiger partial charge in [-0.2, -0.15) is 0 Å². The van der Waals surface area contributed by atoms with Gasteiger partial charge in [0, 0.05) is 11.6 Å². The third-order valence-corrected chi connectivity index (χ3v) is 3.05. The van der Waals surface area contributed by atoms with E-state index in [-0.39, 0.29) is 6.04 Å². The summed E-state index contributed by atoms with van der Waals surface area (Å²) in [6.07, 6.45) is 0. The molecule has 2 heteroatoms. The molecule has 0 aromatic heterocycles. The van der Waals surface area contributed by atoms with Crippen molar-refractivity contribution in [2.75, 3.05) is 0 Å². The minimum absolute atomic E-state index is 0.0157. The molecule has 1 atom stereocenters. The molecule has 2 rings (SSSR count). The van der Waals surface area contributed by atoms with Crippen LogP contribution >= 0.6 is 0 Å². The number of ether oxygens (including phenoxy) is 1. The summed E-state index contributed by atoms with van der Waals surface area (Å²) in [4.78, 5) is 0. The van der Waals surface area contributed by atoms with E-state index >= 15 is 0 Å². The molecule has 94 valence electrons. The maximum Gasteiger partial charge on any atom is 0.124 e. The van der Waals surface area contributed by atoms with Crippen molar-refractivity contribution in [1.29, 1.82) is 0 Å². The van der Waals surface area contributed by atoms with Crippen molar-refractivity contribution in [1.82, 2.24) is 0 Å². The fraction of sp³-hybridized carbons (Fsp3) is 0.250. The second kappa shape index (κ2) is 5.69. The number of hydrogen-bond donors (Lipinski definition) is 1. The largest absolute Gasteiger partial charge is 0.489 e. The predicted octanol–water partition coefficient (Wildman–Crippen LogP) is 3.59. The first kappa shape index (κ1) is 12.7. The standard InChI is InChI=1S/C16H19NO/c1-12-7-3-4-8-14(12)11-18-16-10-6-5-9-15(16)13(2)17/h3-10,13H,11,17H2,1-2H3/t13-/m1/s1. The molecule has 0 bridgehead atoms. The van der Waals surface area contributed by atoms with E-state index in [0.29, 0.717) is 6.61 Å². The molecule has 0 unspecified atom stereocenters. The molecule has 0 heterocycles. The first-order valence-electron chi connectivity index (χ1n) is 6.20. The van der Waals surface area contributed by atoms with E-state index in [9.17, 15) is 0 Å². The highest BCUT2D eigenvalue weighted by atomic mass is 16.5. The second-order valence-electron chi connectivity index (χ2n) is 4.54. The Hall–Kier alpha value is -1.80. The number of hydrogen-bond acceptors (Lipinski definition) is 2. The van der Waals surface area contributed by atoms with Crippen molar-refractivity contribution in [2.24, 2.45) is 5.73 Å². The second-order valence-corrected chi connectivity index (χ2v) is 4.54. The Bertz CT molecular complexity index is 520. The first-order chi connectivity index (χ1) is 8.68. The molecule has 0 aliphatic heterocycles. The maximum absolute atomic E-state index is 5.93. The molecular weight excluding hydrogens is 222 g/mol. The van der Waals surface area contributed by atoms with Crippen molar-refractivity contribution in [3.8, 4) is 5.75 Å². The molecule has 0 saturated heterocycles. The van der Waals surface area contributed by atoms with Crippen LogP contribution in [0.1, 0.15) is 29.7 Å². The molecule has 2 N–H and O–H groups in total. The van der Waals surface area contributed by atoms with Crippen LogP contribution in [0.15, 0.2) is 48.5 Å². The van der Waals surface area contributed by atoms with Gasteiger partial charge in [0.05, 0.1) is 0 Å². The summed E-state index contributed by atoms with van der Waals surface area (Å²) in [6.45, 7) is 4.64. The predicted molar refractivity (Wildman–Crippen MR) is 74.6 cm³/mol. The molecule has 0 amide bonds. The molecule has 0 aliphatic rings. The average Bonchev–Trinajstić information content (AvgIpc) is 2.38. The molecule has 0 fully saturated rings. The van der Waals surface area contributed by atoms with Gasteiger partial charge in [0.25, 0.3) is 0 Å². The molecule has 18 heavy (non-hydrogen) atoms. The number of aryl methyl sites for hydroxylation is 1. The lowest BCUT2D eigenvalue weighted by atomic mass is 10.1. The average molecular weight is 241 g/mol. The third kappa shape index (κ3) is 2.90. The number of rotatable bonds is 4. The monoisotopic (exact) mass is 241 g/mol. The Balaban J connectivity index is 2.14. The summed E-state index contributed by atoms with van der Waals surface area (Å²) in [7, 11) is 0. The zero-order valence-electron chi connectivity index (χ0n) is 10.9. The number of benzene rings is 2. The van der Waals surface area contributed by atoms with Gasteiger partial charge < -0.3 is 10.5 Å². The van der Waals surface area contributed by atoms with Crippen LogP contribution in [0.2, 0.25) is 0 Å². The molecule has 2 nitrogen and oxygen atoms in total. The van der Waals surface area contributed by atoms with Gasteiger partial charge in [0.2, 0.25) is 0 Å². The van der Waals surface area contributed by atoms with Crippen LogP contribution in [0, 0.1) is 6.92 Å². The van der Waals surface area contributed by atoms with Crippen LogP contribution in [0.4, 0.5) is 0 Å². The maximum atomic E-state index is 5.93. The van der Waals surface area contributed by atoms with Gasteiger partial charge in [-0.1, -0.05) is 42.5 Å². The molecule has 0 aliphatic carbocycles. The summed E-state index contributed by atoms with van der Waals surface area (Å²) in [5.41, 5.74) is 9.43. The normalized spacial score (nSPS) is 12.2. The summed E-state index contributed by atoms with van der Waals surface area (Å²) in [5, 5.41) is 0. The van der Waals surface area contributed by atoms with Crippen LogP contribution < -0.4 is 10.5 Å². The van der Waals surface area contributed by atoms with Gasteiger partial charge >= 0.3 is 0 Å². The van der Waals surface area contributed by atoms with Gasteiger partial charge in [-0.15, -0.1) is 0 Å². The van der Waals surface area contributed by atoms with E-state index in [0.717, 1.165) is 11.3 Å². The van der Waals surface area contributed by atoms with E-state index < -0.39 is 0 Å². The smallest absolute Gasteiger partial charge is 0.124 e.